The van der Waals surface area contributed by atoms with E-state index < -0.39 is 12.1 Å². The van der Waals surface area contributed by atoms with Crippen LogP contribution in [-0.4, -0.2) is 47.7 Å². The summed E-state index contributed by atoms with van der Waals surface area (Å²) in [6.45, 7) is 0.521. The summed E-state index contributed by atoms with van der Waals surface area (Å²) in [7, 11) is 0. The molecule has 3 N–H and O–H groups in total. The zero-order chi connectivity index (χ0) is 24.8. The van der Waals surface area contributed by atoms with Crippen LogP contribution >= 0.6 is 27.7 Å². The first-order valence-corrected chi connectivity index (χ1v) is 12.9. The Hall–Kier alpha value is -3.30. The fourth-order valence-corrected chi connectivity index (χ4v) is 5.10. The van der Waals surface area contributed by atoms with E-state index in [1.807, 2.05) is 24.3 Å². The highest BCUT2D eigenvalue weighted by molar-refractivity contribution is 9.10. The number of ether oxygens (including phenoxy) is 1. The molecule has 4 rings (SSSR count). The first-order chi connectivity index (χ1) is 16.9. The van der Waals surface area contributed by atoms with Crippen molar-refractivity contribution in [3.05, 3.63) is 87.9 Å². The molecule has 0 bridgehead atoms. The van der Waals surface area contributed by atoms with Crippen molar-refractivity contribution in [1.82, 2.24) is 5.32 Å². The molecule has 0 saturated carbocycles. The molecule has 2 amide bonds. The lowest BCUT2D eigenvalue weighted by molar-refractivity contribution is -0.133. The van der Waals surface area contributed by atoms with Gasteiger partial charge in [-0.1, -0.05) is 64.5 Å². The van der Waals surface area contributed by atoms with Crippen LogP contribution in [0.3, 0.4) is 0 Å². The van der Waals surface area contributed by atoms with Crippen LogP contribution in [0.5, 0.6) is 0 Å². The van der Waals surface area contributed by atoms with Gasteiger partial charge >= 0.3 is 12.1 Å². The Kier molecular flexibility index (Phi) is 8.09. The molecule has 0 aliphatic heterocycles. The molecule has 3 aromatic rings. The van der Waals surface area contributed by atoms with Crippen LogP contribution in [0.15, 0.2) is 71.2 Å². The van der Waals surface area contributed by atoms with Crippen molar-refractivity contribution in [1.29, 1.82) is 0 Å². The highest BCUT2D eigenvalue weighted by Crippen LogP contribution is 2.44. The van der Waals surface area contributed by atoms with E-state index in [2.05, 4.69) is 50.8 Å². The lowest BCUT2D eigenvalue weighted by Crippen LogP contribution is -2.26. The largest absolute Gasteiger partial charge is 0.481 e. The number of carbonyl (C=O) groups excluding carboxylic acids is 2. The van der Waals surface area contributed by atoms with E-state index in [1.54, 1.807) is 18.2 Å². The normalized spacial score (nSPS) is 11.9. The number of nitrogens with one attached hydrogen (secondary N) is 2. The smallest absolute Gasteiger partial charge is 0.411 e. The molecule has 0 spiro atoms. The molecule has 0 atom stereocenters. The Bertz CT molecular complexity index is 1220. The van der Waals surface area contributed by atoms with Crippen molar-refractivity contribution >= 4 is 51.3 Å². The molecular weight excluding hydrogens is 532 g/mol. The summed E-state index contributed by atoms with van der Waals surface area (Å²) >= 11 is 4.59. The molecule has 35 heavy (non-hydrogen) atoms. The van der Waals surface area contributed by atoms with E-state index in [-0.39, 0.29) is 24.2 Å². The van der Waals surface area contributed by atoms with E-state index in [0.29, 0.717) is 28.0 Å². The molecule has 3 aromatic carbocycles. The molecule has 0 fully saturated rings. The minimum absolute atomic E-state index is 0.0129. The molecule has 0 radical (unpaired) electrons. The lowest BCUT2D eigenvalue weighted by atomic mass is 9.98. The van der Waals surface area contributed by atoms with Crippen LogP contribution in [0.1, 0.15) is 27.4 Å². The number of carboxylic acids is 1. The predicted molar refractivity (Wildman–Crippen MR) is 140 cm³/mol. The summed E-state index contributed by atoms with van der Waals surface area (Å²) in [5.41, 5.74) is 5.34. The van der Waals surface area contributed by atoms with Gasteiger partial charge in [0.15, 0.2) is 0 Å². The molecule has 1 aliphatic rings. The summed E-state index contributed by atoms with van der Waals surface area (Å²) in [5.74, 6) is -0.788. The second kappa shape index (κ2) is 11.4. The van der Waals surface area contributed by atoms with Gasteiger partial charge in [-0.3, -0.25) is 14.9 Å². The number of carboxylic acid groups (broad SMARTS) is 1. The highest BCUT2D eigenvalue weighted by atomic mass is 79.9. The van der Waals surface area contributed by atoms with E-state index in [4.69, 9.17) is 9.84 Å². The zero-order valence-electron chi connectivity index (χ0n) is 18.6. The number of rotatable bonds is 9. The van der Waals surface area contributed by atoms with Gasteiger partial charge in [0.25, 0.3) is 5.91 Å². The number of fused-ring (bicyclic) bond motifs is 3. The third kappa shape index (κ3) is 6.23. The van der Waals surface area contributed by atoms with Crippen LogP contribution in [0.4, 0.5) is 10.5 Å². The molecule has 180 valence electrons. The number of benzene rings is 3. The average Bonchev–Trinajstić information content (AvgIpc) is 3.15. The minimum atomic E-state index is -0.891. The molecule has 7 nitrogen and oxygen atoms in total. The van der Waals surface area contributed by atoms with Gasteiger partial charge in [-0.25, -0.2) is 4.79 Å². The number of amides is 2. The fourth-order valence-electron chi connectivity index (χ4n) is 4.04. The molecule has 1 aliphatic carbocycles. The van der Waals surface area contributed by atoms with Gasteiger partial charge in [-0.2, -0.15) is 0 Å². The van der Waals surface area contributed by atoms with Crippen LogP contribution in [-0.2, 0) is 9.53 Å². The Morgan fingerprint density at radius 2 is 1.63 bits per heavy atom. The number of hydrogen-bond acceptors (Lipinski definition) is 5. The van der Waals surface area contributed by atoms with Crippen LogP contribution in [0, 0.1) is 0 Å². The first kappa shape index (κ1) is 24.8. The third-order valence-corrected chi connectivity index (χ3v) is 6.91. The number of anilines is 1. The van der Waals surface area contributed by atoms with Crippen molar-refractivity contribution in [3.63, 3.8) is 0 Å². The van der Waals surface area contributed by atoms with E-state index >= 15 is 0 Å². The Balaban J connectivity index is 1.35. The van der Waals surface area contributed by atoms with Gasteiger partial charge < -0.3 is 15.2 Å². The van der Waals surface area contributed by atoms with Crippen molar-refractivity contribution in [2.75, 3.05) is 30.0 Å². The molecule has 0 saturated heterocycles. The predicted octanol–water partition coefficient (Wildman–Crippen LogP) is 5.36. The number of aliphatic carboxylic acids is 1. The van der Waals surface area contributed by atoms with Crippen LogP contribution in [0.25, 0.3) is 11.1 Å². The Morgan fingerprint density at radius 1 is 0.971 bits per heavy atom. The molecular formula is C26H23BrN2O5S. The van der Waals surface area contributed by atoms with Gasteiger partial charge in [-0.15, -0.1) is 11.8 Å². The van der Waals surface area contributed by atoms with Crippen molar-refractivity contribution in [2.24, 2.45) is 0 Å². The van der Waals surface area contributed by atoms with Crippen molar-refractivity contribution in [2.45, 2.75) is 5.92 Å². The molecule has 9 heteroatoms. The number of hydrogen-bond donors (Lipinski definition) is 3. The highest BCUT2D eigenvalue weighted by Gasteiger charge is 2.29. The SMILES string of the molecule is O=C(O)CSCCNC(=O)c1cc(Br)cc(NC(=O)OCC2c3ccccc3-c3ccccc32)c1. The average molecular weight is 555 g/mol. The van der Waals surface area contributed by atoms with Crippen LogP contribution < -0.4 is 10.6 Å². The van der Waals surface area contributed by atoms with Gasteiger partial charge in [-0.05, 0) is 40.5 Å². The quantitative estimate of drug-likeness (QED) is 0.307. The van der Waals surface area contributed by atoms with E-state index in [1.165, 1.54) is 11.8 Å². The lowest BCUT2D eigenvalue weighted by Gasteiger charge is -2.15. The standard InChI is InChI=1S/C26H23BrN2O5S/c27-17-11-16(25(32)28-9-10-35-15-24(30)31)12-18(13-17)29-26(33)34-14-23-21-7-3-1-5-19(21)20-6-2-4-8-22(20)23/h1-8,11-13,23H,9-10,14-15H2,(H,28,32)(H,29,33)(H,30,31). The monoisotopic (exact) mass is 554 g/mol. The van der Waals surface area contributed by atoms with E-state index in [0.717, 1.165) is 22.3 Å². The second-order valence-corrected chi connectivity index (χ2v) is 9.90. The van der Waals surface area contributed by atoms with Crippen molar-refractivity contribution in [3.8, 4) is 11.1 Å². The maximum atomic E-state index is 12.6. The summed E-state index contributed by atoms with van der Waals surface area (Å²) in [6.07, 6.45) is -0.610. The second-order valence-electron chi connectivity index (χ2n) is 7.88. The minimum Gasteiger partial charge on any atom is -0.481 e. The first-order valence-electron chi connectivity index (χ1n) is 10.9. The molecule has 0 aromatic heterocycles. The fraction of sp³-hybridized carbons (Fsp3) is 0.192. The van der Waals surface area contributed by atoms with E-state index in [9.17, 15) is 14.4 Å². The number of thioether (sulfide) groups is 1. The number of halogens is 1. The summed E-state index contributed by atoms with van der Waals surface area (Å²) in [6, 6.07) is 21.1. The van der Waals surface area contributed by atoms with Gasteiger partial charge in [0, 0.05) is 33.9 Å². The van der Waals surface area contributed by atoms with Crippen LogP contribution in [0.2, 0.25) is 0 Å². The number of carbonyl (C=O) groups is 3. The maximum Gasteiger partial charge on any atom is 0.411 e. The molecule has 0 heterocycles. The summed E-state index contributed by atoms with van der Waals surface area (Å²) in [4.78, 5) is 35.6. The zero-order valence-corrected chi connectivity index (χ0v) is 21.0. The van der Waals surface area contributed by atoms with Gasteiger partial charge in [0.05, 0.1) is 5.75 Å². The van der Waals surface area contributed by atoms with Gasteiger partial charge in [0.1, 0.15) is 6.61 Å². The Morgan fingerprint density at radius 3 is 2.29 bits per heavy atom. The molecule has 0 unspecified atom stereocenters. The topological polar surface area (TPSA) is 105 Å². The Labute approximate surface area is 215 Å². The van der Waals surface area contributed by atoms with Crippen molar-refractivity contribution < 1.29 is 24.2 Å². The third-order valence-electron chi connectivity index (χ3n) is 5.51. The summed E-state index contributed by atoms with van der Waals surface area (Å²) < 4.78 is 6.20. The van der Waals surface area contributed by atoms with Gasteiger partial charge in [0.2, 0.25) is 0 Å². The summed E-state index contributed by atoms with van der Waals surface area (Å²) in [5, 5.41) is 14.1. The maximum absolute atomic E-state index is 12.6.